The van der Waals surface area contributed by atoms with Crippen molar-refractivity contribution in [3.05, 3.63) is 35.1 Å². The molecule has 1 atom stereocenters. The molecule has 0 aliphatic heterocycles. The average molecular weight is 241 g/mol. The summed E-state index contributed by atoms with van der Waals surface area (Å²) < 4.78 is 18.3. The third kappa shape index (κ3) is 4.07. The minimum atomic E-state index is -1.08. The summed E-state index contributed by atoms with van der Waals surface area (Å²) in [5.41, 5.74) is 0.0739. The van der Waals surface area contributed by atoms with Crippen molar-refractivity contribution in [1.82, 2.24) is 5.32 Å². The molecule has 0 aliphatic carbocycles. The summed E-state index contributed by atoms with van der Waals surface area (Å²) in [6.45, 7) is 4.96. The normalized spacial score (nSPS) is 14.6. The number of nitrogens with one attached hydrogen (secondary N) is 1. The van der Waals surface area contributed by atoms with E-state index in [2.05, 4.69) is 5.32 Å². The molecule has 0 aromatic heterocycles. The highest BCUT2D eigenvalue weighted by molar-refractivity contribution is 5.27. The Morgan fingerprint density at radius 1 is 1.47 bits per heavy atom. The molecule has 0 radical (unpaired) electrons. The molecule has 1 aromatic carbocycles. The van der Waals surface area contributed by atoms with Crippen molar-refractivity contribution in [2.75, 3.05) is 26.8 Å². The second-order valence-electron chi connectivity index (χ2n) is 4.41. The Morgan fingerprint density at radius 3 is 2.76 bits per heavy atom. The quantitative estimate of drug-likeness (QED) is 0.743. The van der Waals surface area contributed by atoms with Crippen LogP contribution in [0.4, 0.5) is 4.39 Å². The van der Waals surface area contributed by atoms with E-state index in [1.807, 2.05) is 0 Å². The summed E-state index contributed by atoms with van der Waals surface area (Å²) in [5, 5.41) is 13.3. The predicted molar refractivity (Wildman–Crippen MR) is 65.5 cm³/mol. The van der Waals surface area contributed by atoms with Crippen LogP contribution >= 0.6 is 0 Å². The molecule has 0 heterocycles. The molecule has 0 bridgehead atoms. The first-order valence-electron chi connectivity index (χ1n) is 5.66. The number of hydrogen-bond donors (Lipinski definition) is 2. The van der Waals surface area contributed by atoms with Crippen molar-refractivity contribution in [2.24, 2.45) is 0 Å². The molecule has 3 nitrogen and oxygen atoms in total. The van der Waals surface area contributed by atoms with Crippen LogP contribution in [0.3, 0.4) is 0 Å². The van der Waals surface area contributed by atoms with Gasteiger partial charge >= 0.3 is 0 Å². The van der Waals surface area contributed by atoms with Crippen LogP contribution in [0, 0.1) is 12.7 Å². The van der Waals surface area contributed by atoms with Crippen LogP contribution in [-0.2, 0) is 10.3 Å². The lowest BCUT2D eigenvalue weighted by Crippen LogP contribution is -2.36. The van der Waals surface area contributed by atoms with E-state index in [-0.39, 0.29) is 5.82 Å². The highest BCUT2D eigenvalue weighted by atomic mass is 19.1. The van der Waals surface area contributed by atoms with E-state index >= 15 is 0 Å². The molecular formula is C13H20FNO2. The molecule has 96 valence electrons. The van der Waals surface area contributed by atoms with Crippen molar-refractivity contribution in [3.8, 4) is 0 Å². The minimum absolute atomic E-state index is 0.292. The number of ether oxygens (including phenoxy) is 1. The monoisotopic (exact) mass is 241 g/mol. The van der Waals surface area contributed by atoms with Crippen molar-refractivity contribution in [3.63, 3.8) is 0 Å². The van der Waals surface area contributed by atoms with Gasteiger partial charge < -0.3 is 15.2 Å². The lowest BCUT2D eigenvalue weighted by atomic mass is 9.95. The Balaban J connectivity index is 2.64. The van der Waals surface area contributed by atoms with Gasteiger partial charge in [-0.15, -0.1) is 0 Å². The fourth-order valence-corrected chi connectivity index (χ4v) is 1.54. The van der Waals surface area contributed by atoms with E-state index in [4.69, 9.17) is 4.74 Å². The zero-order valence-electron chi connectivity index (χ0n) is 10.6. The number of rotatable bonds is 6. The highest BCUT2D eigenvalue weighted by Crippen LogP contribution is 2.21. The van der Waals surface area contributed by atoms with Crippen molar-refractivity contribution in [1.29, 1.82) is 0 Å². The average Bonchev–Trinajstić information content (AvgIpc) is 2.28. The lowest BCUT2D eigenvalue weighted by Gasteiger charge is -2.24. The fraction of sp³-hybridized carbons (Fsp3) is 0.538. The van der Waals surface area contributed by atoms with Crippen molar-refractivity contribution < 1.29 is 14.2 Å². The second-order valence-corrected chi connectivity index (χ2v) is 4.41. The Labute approximate surface area is 102 Å². The molecule has 17 heavy (non-hydrogen) atoms. The molecule has 0 aliphatic rings. The molecule has 0 amide bonds. The standard InChI is InChI=1S/C13H20FNO2/c1-10-4-5-11(8-12(10)14)13(2,16)9-15-6-7-17-3/h4-5,8,15-16H,6-7,9H2,1-3H3. The lowest BCUT2D eigenvalue weighted by molar-refractivity contribution is 0.0546. The summed E-state index contributed by atoms with van der Waals surface area (Å²) in [6, 6.07) is 4.80. The summed E-state index contributed by atoms with van der Waals surface area (Å²) in [7, 11) is 1.62. The zero-order chi connectivity index (χ0) is 12.9. The van der Waals surface area contributed by atoms with Crippen LogP contribution in [0.5, 0.6) is 0 Å². The SMILES string of the molecule is COCCNCC(C)(O)c1ccc(C)c(F)c1. The van der Waals surface area contributed by atoms with Gasteiger partial charge in [0.25, 0.3) is 0 Å². The van der Waals surface area contributed by atoms with E-state index in [1.165, 1.54) is 6.07 Å². The summed E-state index contributed by atoms with van der Waals surface area (Å²) in [6.07, 6.45) is 0. The Morgan fingerprint density at radius 2 is 2.18 bits per heavy atom. The van der Waals surface area contributed by atoms with Gasteiger partial charge in [-0.1, -0.05) is 12.1 Å². The molecular weight excluding hydrogens is 221 g/mol. The molecule has 0 saturated heterocycles. The number of benzene rings is 1. The van der Waals surface area contributed by atoms with Gasteiger partial charge in [-0.3, -0.25) is 0 Å². The van der Waals surface area contributed by atoms with E-state index in [0.29, 0.717) is 30.8 Å². The molecule has 4 heteroatoms. The summed E-state index contributed by atoms with van der Waals surface area (Å²) in [5.74, 6) is -0.292. The Kier molecular flexibility index (Phi) is 5.05. The van der Waals surface area contributed by atoms with Crippen molar-refractivity contribution in [2.45, 2.75) is 19.4 Å². The van der Waals surface area contributed by atoms with Gasteiger partial charge in [-0.25, -0.2) is 4.39 Å². The Bertz CT molecular complexity index is 366. The number of aryl methyl sites for hydroxylation is 1. The fourth-order valence-electron chi connectivity index (χ4n) is 1.54. The molecule has 2 N–H and O–H groups in total. The van der Waals surface area contributed by atoms with Gasteiger partial charge in [0.2, 0.25) is 0 Å². The van der Waals surface area contributed by atoms with Gasteiger partial charge in [-0.2, -0.15) is 0 Å². The van der Waals surface area contributed by atoms with Crippen molar-refractivity contribution >= 4 is 0 Å². The third-order valence-corrected chi connectivity index (χ3v) is 2.75. The van der Waals surface area contributed by atoms with E-state index in [0.717, 1.165) is 0 Å². The summed E-state index contributed by atoms with van der Waals surface area (Å²) >= 11 is 0. The maximum absolute atomic E-state index is 13.4. The first kappa shape index (κ1) is 14.1. The molecule has 1 rings (SSSR count). The highest BCUT2D eigenvalue weighted by Gasteiger charge is 2.23. The second kappa shape index (κ2) is 6.10. The van der Waals surface area contributed by atoms with Crippen LogP contribution in [0.1, 0.15) is 18.1 Å². The van der Waals surface area contributed by atoms with Gasteiger partial charge in [-0.05, 0) is 31.0 Å². The topological polar surface area (TPSA) is 41.5 Å². The zero-order valence-corrected chi connectivity index (χ0v) is 10.6. The minimum Gasteiger partial charge on any atom is -0.384 e. The van der Waals surface area contributed by atoms with Crippen LogP contribution in [0.25, 0.3) is 0 Å². The number of hydrogen-bond acceptors (Lipinski definition) is 3. The molecule has 0 saturated carbocycles. The largest absolute Gasteiger partial charge is 0.384 e. The number of aliphatic hydroxyl groups is 1. The first-order valence-corrected chi connectivity index (χ1v) is 5.66. The predicted octanol–water partition coefficient (Wildman–Crippen LogP) is 1.58. The number of halogens is 1. The third-order valence-electron chi connectivity index (χ3n) is 2.75. The smallest absolute Gasteiger partial charge is 0.126 e. The van der Waals surface area contributed by atoms with E-state index in [1.54, 1.807) is 33.1 Å². The van der Waals surface area contributed by atoms with Gasteiger partial charge in [0, 0.05) is 20.2 Å². The molecule has 1 unspecified atom stereocenters. The Hall–Kier alpha value is -0.970. The molecule has 0 spiro atoms. The van der Waals surface area contributed by atoms with Crippen LogP contribution in [-0.4, -0.2) is 31.9 Å². The van der Waals surface area contributed by atoms with Crippen LogP contribution < -0.4 is 5.32 Å². The van der Waals surface area contributed by atoms with E-state index in [9.17, 15) is 9.50 Å². The first-order chi connectivity index (χ1) is 7.97. The molecule has 1 aromatic rings. The van der Waals surface area contributed by atoms with Gasteiger partial charge in [0.1, 0.15) is 5.82 Å². The van der Waals surface area contributed by atoms with Gasteiger partial charge in [0.15, 0.2) is 0 Å². The van der Waals surface area contributed by atoms with Gasteiger partial charge in [0.05, 0.1) is 12.2 Å². The van der Waals surface area contributed by atoms with Crippen LogP contribution in [0.15, 0.2) is 18.2 Å². The summed E-state index contributed by atoms with van der Waals surface area (Å²) in [4.78, 5) is 0. The maximum Gasteiger partial charge on any atom is 0.126 e. The van der Waals surface area contributed by atoms with E-state index < -0.39 is 5.60 Å². The van der Waals surface area contributed by atoms with Crippen LogP contribution in [0.2, 0.25) is 0 Å². The molecule has 0 fully saturated rings. The maximum atomic E-state index is 13.4. The number of methoxy groups -OCH3 is 1.